The highest BCUT2D eigenvalue weighted by Crippen LogP contribution is 2.38. The van der Waals surface area contributed by atoms with Gasteiger partial charge in [-0.3, -0.25) is 0 Å². The molecule has 0 radical (unpaired) electrons. The summed E-state index contributed by atoms with van der Waals surface area (Å²) in [5.74, 6) is 3.13. The molecule has 0 bridgehead atoms. The zero-order valence-electron chi connectivity index (χ0n) is 12.6. The number of imidazole rings is 1. The van der Waals surface area contributed by atoms with E-state index in [1.165, 1.54) is 30.3 Å². The standard InChI is InChI=1S/C17H23ClN2/c1-11-4-7-16-15(8-11)19-17(10-18)20(16)14-6-5-12(2)13(3)9-14/h4,7-8,12-14H,5-6,9-10H2,1-3H3. The summed E-state index contributed by atoms with van der Waals surface area (Å²) in [6.07, 6.45) is 3.79. The molecule has 3 atom stereocenters. The van der Waals surface area contributed by atoms with E-state index in [1.807, 2.05) is 0 Å². The maximum atomic E-state index is 6.14. The Morgan fingerprint density at radius 3 is 2.75 bits per heavy atom. The van der Waals surface area contributed by atoms with Gasteiger partial charge in [-0.25, -0.2) is 4.98 Å². The molecule has 0 spiro atoms. The second-order valence-electron chi connectivity index (χ2n) is 6.45. The van der Waals surface area contributed by atoms with E-state index in [1.54, 1.807) is 0 Å². The van der Waals surface area contributed by atoms with E-state index in [0.717, 1.165) is 23.2 Å². The van der Waals surface area contributed by atoms with Crippen molar-refractivity contribution in [2.45, 2.75) is 52.0 Å². The van der Waals surface area contributed by atoms with Crippen molar-refractivity contribution in [3.63, 3.8) is 0 Å². The first-order chi connectivity index (χ1) is 9.60. The number of aryl methyl sites for hydroxylation is 1. The van der Waals surface area contributed by atoms with E-state index >= 15 is 0 Å². The van der Waals surface area contributed by atoms with Crippen LogP contribution >= 0.6 is 11.6 Å². The number of hydrogen-bond acceptors (Lipinski definition) is 1. The normalized spacial score (nSPS) is 27.1. The summed E-state index contributed by atoms with van der Waals surface area (Å²) in [5.41, 5.74) is 3.60. The van der Waals surface area contributed by atoms with Crippen LogP contribution in [-0.4, -0.2) is 9.55 Å². The van der Waals surface area contributed by atoms with Gasteiger partial charge in [-0.2, -0.15) is 0 Å². The largest absolute Gasteiger partial charge is 0.324 e. The molecule has 1 heterocycles. The van der Waals surface area contributed by atoms with Gasteiger partial charge >= 0.3 is 0 Å². The lowest BCUT2D eigenvalue weighted by Gasteiger charge is -2.33. The fraction of sp³-hybridized carbons (Fsp3) is 0.588. The predicted octanol–water partition coefficient (Wildman–Crippen LogP) is 5.08. The van der Waals surface area contributed by atoms with E-state index in [2.05, 4.69) is 43.5 Å². The van der Waals surface area contributed by atoms with Gasteiger partial charge in [0.2, 0.25) is 0 Å². The van der Waals surface area contributed by atoms with Crippen molar-refractivity contribution >= 4 is 22.6 Å². The van der Waals surface area contributed by atoms with Crippen molar-refractivity contribution in [2.75, 3.05) is 0 Å². The lowest BCUT2D eigenvalue weighted by Crippen LogP contribution is -2.24. The van der Waals surface area contributed by atoms with Crippen LogP contribution in [0.3, 0.4) is 0 Å². The molecule has 2 aromatic rings. The molecule has 1 aromatic heterocycles. The quantitative estimate of drug-likeness (QED) is 0.705. The summed E-state index contributed by atoms with van der Waals surface area (Å²) < 4.78 is 2.41. The summed E-state index contributed by atoms with van der Waals surface area (Å²) in [6, 6.07) is 7.10. The maximum absolute atomic E-state index is 6.14. The number of rotatable bonds is 2. The highest BCUT2D eigenvalue weighted by Gasteiger charge is 2.28. The monoisotopic (exact) mass is 290 g/mol. The molecule has 3 heteroatoms. The van der Waals surface area contributed by atoms with Crippen LogP contribution in [0.1, 0.15) is 50.5 Å². The fourth-order valence-electron chi connectivity index (χ4n) is 3.51. The van der Waals surface area contributed by atoms with Crippen LogP contribution in [0.5, 0.6) is 0 Å². The number of alkyl halides is 1. The molecule has 20 heavy (non-hydrogen) atoms. The van der Waals surface area contributed by atoms with Gasteiger partial charge in [-0.15, -0.1) is 11.6 Å². The van der Waals surface area contributed by atoms with Gasteiger partial charge in [0.1, 0.15) is 5.82 Å². The fourth-order valence-corrected chi connectivity index (χ4v) is 3.70. The molecule has 1 saturated carbocycles. The SMILES string of the molecule is Cc1ccc2c(c1)nc(CCl)n2C1CCC(C)C(C)C1. The van der Waals surface area contributed by atoms with Gasteiger partial charge in [-0.1, -0.05) is 19.9 Å². The van der Waals surface area contributed by atoms with Crippen molar-refractivity contribution < 1.29 is 0 Å². The summed E-state index contributed by atoms with van der Waals surface area (Å²) in [4.78, 5) is 4.74. The molecule has 1 aliphatic carbocycles. The zero-order chi connectivity index (χ0) is 14.3. The van der Waals surface area contributed by atoms with Crippen LogP contribution in [0.15, 0.2) is 18.2 Å². The highest BCUT2D eigenvalue weighted by molar-refractivity contribution is 6.16. The summed E-state index contributed by atoms with van der Waals surface area (Å²) in [5, 5.41) is 0. The van der Waals surface area contributed by atoms with Crippen molar-refractivity contribution in [2.24, 2.45) is 11.8 Å². The molecule has 0 saturated heterocycles. The number of benzene rings is 1. The number of fused-ring (bicyclic) bond motifs is 1. The number of aromatic nitrogens is 2. The summed E-state index contributed by atoms with van der Waals surface area (Å²) in [6.45, 7) is 6.86. The van der Waals surface area contributed by atoms with Gasteiger partial charge in [0.25, 0.3) is 0 Å². The minimum Gasteiger partial charge on any atom is -0.324 e. The topological polar surface area (TPSA) is 17.8 Å². The number of nitrogens with zero attached hydrogens (tertiary/aromatic N) is 2. The Bertz CT molecular complexity index is 617. The van der Waals surface area contributed by atoms with E-state index in [0.29, 0.717) is 11.9 Å². The van der Waals surface area contributed by atoms with Crippen LogP contribution in [0, 0.1) is 18.8 Å². The first kappa shape index (κ1) is 13.9. The molecule has 1 aromatic carbocycles. The van der Waals surface area contributed by atoms with E-state index in [-0.39, 0.29) is 0 Å². The molecule has 108 valence electrons. The third-order valence-corrected chi connectivity index (χ3v) is 5.21. The van der Waals surface area contributed by atoms with Gasteiger partial charge in [-0.05, 0) is 55.7 Å². The van der Waals surface area contributed by atoms with Crippen molar-refractivity contribution in [1.82, 2.24) is 9.55 Å². The van der Waals surface area contributed by atoms with Crippen molar-refractivity contribution in [3.8, 4) is 0 Å². The second kappa shape index (κ2) is 5.40. The first-order valence-corrected chi connectivity index (χ1v) is 8.17. The summed E-state index contributed by atoms with van der Waals surface area (Å²) >= 11 is 6.14. The van der Waals surface area contributed by atoms with Crippen molar-refractivity contribution in [3.05, 3.63) is 29.6 Å². The Hall–Kier alpha value is -1.02. The van der Waals surface area contributed by atoms with Crippen LogP contribution in [0.25, 0.3) is 11.0 Å². The minimum atomic E-state index is 0.494. The molecule has 0 amide bonds. The molecule has 2 nitrogen and oxygen atoms in total. The molecular weight excluding hydrogens is 268 g/mol. The average Bonchev–Trinajstić information content (AvgIpc) is 2.79. The predicted molar refractivity (Wildman–Crippen MR) is 85.2 cm³/mol. The lowest BCUT2D eigenvalue weighted by atomic mass is 9.79. The van der Waals surface area contributed by atoms with Gasteiger partial charge < -0.3 is 4.57 Å². The molecule has 3 unspecified atom stereocenters. The highest BCUT2D eigenvalue weighted by atomic mass is 35.5. The number of halogens is 1. The second-order valence-corrected chi connectivity index (χ2v) is 6.71. The van der Waals surface area contributed by atoms with E-state index in [9.17, 15) is 0 Å². The Balaban J connectivity index is 2.05. The third kappa shape index (κ3) is 2.35. The molecular formula is C17H23ClN2. The van der Waals surface area contributed by atoms with Crippen LogP contribution in [0.2, 0.25) is 0 Å². The van der Waals surface area contributed by atoms with Crippen LogP contribution < -0.4 is 0 Å². The average molecular weight is 291 g/mol. The Morgan fingerprint density at radius 1 is 1.25 bits per heavy atom. The minimum absolute atomic E-state index is 0.494. The third-order valence-electron chi connectivity index (χ3n) is 4.97. The molecule has 1 fully saturated rings. The van der Waals surface area contributed by atoms with Crippen LogP contribution in [0.4, 0.5) is 0 Å². The Labute approximate surface area is 126 Å². The molecule has 3 rings (SSSR count). The van der Waals surface area contributed by atoms with Gasteiger partial charge in [0.05, 0.1) is 16.9 Å². The Kier molecular flexibility index (Phi) is 3.76. The summed E-state index contributed by atoms with van der Waals surface area (Å²) in [7, 11) is 0. The first-order valence-electron chi connectivity index (χ1n) is 7.63. The Morgan fingerprint density at radius 2 is 2.05 bits per heavy atom. The molecule has 0 aliphatic heterocycles. The number of hydrogen-bond donors (Lipinski definition) is 0. The van der Waals surface area contributed by atoms with Gasteiger partial charge in [0.15, 0.2) is 0 Å². The lowest BCUT2D eigenvalue weighted by molar-refractivity contribution is 0.211. The maximum Gasteiger partial charge on any atom is 0.125 e. The smallest absolute Gasteiger partial charge is 0.125 e. The van der Waals surface area contributed by atoms with E-state index < -0.39 is 0 Å². The zero-order valence-corrected chi connectivity index (χ0v) is 13.3. The van der Waals surface area contributed by atoms with E-state index in [4.69, 9.17) is 16.6 Å². The van der Waals surface area contributed by atoms with Crippen molar-refractivity contribution in [1.29, 1.82) is 0 Å². The molecule has 0 N–H and O–H groups in total. The van der Waals surface area contributed by atoms with Crippen LogP contribution in [-0.2, 0) is 5.88 Å². The molecule has 1 aliphatic rings. The van der Waals surface area contributed by atoms with Gasteiger partial charge in [0, 0.05) is 6.04 Å².